The lowest BCUT2D eigenvalue weighted by Gasteiger charge is -2.29. The first-order valence-electron chi connectivity index (χ1n) is 9.02. The topological polar surface area (TPSA) is 75.7 Å². The van der Waals surface area contributed by atoms with Gasteiger partial charge in [0.15, 0.2) is 0 Å². The summed E-state index contributed by atoms with van der Waals surface area (Å²) in [5.74, 6) is 0.668. The van der Waals surface area contributed by atoms with Gasteiger partial charge in [0.2, 0.25) is 15.9 Å². The number of anilines is 2. The van der Waals surface area contributed by atoms with Crippen LogP contribution in [0.25, 0.3) is 0 Å². The SMILES string of the molecule is CS(=O)(=O)N1CCCc2ccc(NC(=O)CCCOc3ccccc3)cc21. The van der Waals surface area contributed by atoms with Crippen molar-refractivity contribution >= 4 is 27.3 Å². The molecule has 144 valence electrons. The Kier molecular flexibility index (Phi) is 6.01. The number of fused-ring (bicyclic) bond motifs is 1. The maximum Gasteiger partial charge on any atom is 0.232 e. The second-order valence-electron chi connectivity index (χ2n) is 6.60. The lowest BCUT2D eigenvalue weighted by atomic mass is 10.0. The molecule has 2 aromatic rings. The number of ether oxygens (including phenoxy) is 1. The molecule has 7 heteroatoms. The van der Waals surface area contributed by atoms with E-state index in [2.05, 4.69) is 5.32 Å². The van der Waals surface area contributed by atoms with Gasteiger partial charge in [0.05, 0.1) is 18.6 Å². The standard InChI is InChI=1S/C20H24N2O4S/c1-27(24,25)22-13-5-7-16-11-12-17(15-19(16)22)21-20(23)10-6-14-26-18-8-3-2-4-9-18/h2-4,8-9,11-12,15H,5-7,10,13-14H2,1H3,(H,21,23). The Balaban J connectivity index is 1.55. The first-order valence-corrected chi connectivity index (χ1v) is 10.9. The molecule has 27 heavy (non-hydrogen) atoms. The van der Waals surface area contributed by atoms with Gasteiger partial charge in [0.25, 0.3) is 0 Å². The molecule has 1 aliphatic rings. The van der Waals surface area contributed by atoms with E-state index in [4.69, 9.17) is 4.74 Å². The molecule has 0 unspecified atom stereocenters. The molecule has 0 atom stereocenters. The highest BCUT2D eigenvalue weighted by atomic mass is 32.2. The minimum atomic E-state index is -3.32. The highest BCUT2D eigenvalue weighted by Crippen LogP contribution is 2.31. The number of sulfonamides is 1. The Hall–Kier alpha value is -2.54. The third-order valence-corrected chi connectivity index (χ3v) is 5.59. The second-order valence-corrected chi connectivity index (χ2v) is 8.50. The van der Waals surface area contributed by atoms with Crippen LogP contribution in [0, 0.1) is 0 Å². The molecule has 3 rings (SSSR count). The van der Waals surface area contributed by atoms with E-state index in [1.165, 1.54) is 10.6 Å². The molecule has 0 saturated carbocycles. The van der Waals surface area contributed by atoms with Crippen LogP contribution in [0.3, 0.4) is 0 Å². The van der Waals surface area contributed by atoms with Crippen LogP contribution in [0.4, 0.5) is 11.4 Å². The number of amides is 1. The predicted octanol–water partition coefficient (Wildman–Crippen LogP) is 3.20. The van der Waals surface area contributed by atoms with E-state index in [-0.39, 0.29) is 5.91 Å². The van der Waals surface area contributed by atoms with Crippen LogP contribution < -0.4 is 14.4 Å². The van der Waals surface area contributed by atoms with E-state index in [9.17, 15) is 13.2 Å². The normalized spacial score (nSPS) is 13.7. The maximum absolute atomic E-state index is 12.2. The van der Waals surface area contributed by atoms with Gasteiger partial charge in [0, 0.05) is 18.7 Å². The minimum absolute atomic E-state index is 0.117. The number of hydrogen-bond acceptors (Lipinski definition) is 4. The number of nitrogens with zero attached hydrogens (tertiary/aromatic N) is 1. The molecule has 1 heterocycles. The quantitative estimate of drug-likeness (QED) is 0.739. The number of aryl methyl sites for hydroxylation is 1. The summed E-state index contributed by atoms with van der Waals surface area (Å²) in [7, 11) is -3.32. The average Bonchev–Trinajstić information content (AvgIpc) is 2.65. The van der Waals surface area contributed by atoms with Gasteiger partial charge in [-0.25, -0.2) is 8.42 Å². The van der Waals surface area contributed by atoms with Gasteiger partial charge < -0.3 is 10.1 Å². The Morgan fingerprint density at radius 1 is 1.19 bits per heavy atom. The Bertz CT molecular complexity index is 897. The molecule has 0 radical (unpaired) electrons. The van der Waals surface area contributed by atoms with Crippen molar-refractivity contribution in [1.29, 1.82) is 0 Å². The molecular weight excluding hydrogens is 364 g/mol. The van der Waals surface area contributed by atoms with Crippen LogP contribution in [0.2, 0.25) is 0 Å². The number of para-hydroxylation sites is 1. The largest absolute Gasteiger partial charge is 0.494 e. The lowest BCUT2D eigenvalue weighted by molar-refractivity contribution is -0.116. The first-order chi connectivity index (χ1) is 12.9. The van der Waals surface area contributed by atoms with Crippen LogP contribution in [0.1, 0.15) is 24.8 Å². The first kappa shape index (κ1) is 19.2. The van der Waals surface area contributed by atoms with Gasteiger partial charge in [-0.15, -0.1) is 0 Å². The van der Waals surface area contributed by atoms with Crippen molar-refractivity contribution in [3.05, 3.63) is 54.1 Å². The molecule has 1 N–H and O–H groups in total. The van der Waals surface area contributed by atoms with Gasteiger partial charge >= 0.3 is 0 Å². The van der Waals surface area contributed by atoms with E-state index < -0.39 is 10.0 Å². The number of carbonyl (C=O) groups is 1. The monoisotopic (exact) mass is 388 g/mol. The predicted molar refractivity (Wildman–Crippen MR) is 107 cm³/mol. The summed E-state index contributed by atoms with van der Waals surface area (Å²) in [6.45, 7) is 0.934. The van der Waals surface area contributed by atoms with E-state index in [0.29, 0.717) is 37.4 Å². The van der Waals surface area contributed by atoms with Gasteiger partial charge in [-0.2, -0.15) is 0 Å². The molecule has 0 fully saturated rings. The van der Waals surface area contributed by atoms with Crippen molar-refractivity contribution in [2.45, 2.75) is 25.7 Å². The highest BCUT2D eigenvalue weighted by molar-refractivity contribution is 7.92. The van der Waals surface area contributed by atoms with E-state index >= 15 is 0 Å². The van der Waals surface area contributed by atoms with Gasteiger partial charge in [-0.3, -0.25) is 9.10 Å². The fourth-order valence-electron chi connectivity index (χ4n) is 3.13. The molecule has 0 aromatic heterocycles. The van der Waals surface area contributed by atoms with Crippen molar-refractivity contribution < 1.29 is 17.9 Å². The molecular formula is C20H24N2O4S. The summed E-state index contributed by atoms with van der Waals surface area (Å²) in [5, 5.41) is 2.85. The molecule has 6 nitrogen and oxygen atoms in total. The van der Waals surface area contributed by atoms with Crippen molar-refractivity contribution in [2.75, 3.05) is 29.0 Å². The average molecular weight is 388 g/mol. The Morgan fingerprint density at radius 3 is 2.70 bits per heavy atom. The fourth-order valence-corrected chi connectivity index (χ4v) is 4.11. The van der Waals surface area contributed by atoms with Crippen molar-refractivity contribution in [2.24, 2.45) is 0 Å². The number of hydrogen-bond donors (Lipinski definition) is 1. The molecule has 0 spiro atoms. The molecule has 0 bridgehead atoms. The van der Waals surface area contributed by atoms with Crippen LogP contribution in [0.15, 0.2) is 48.5 Å². The number of benzene rings is 2. The number of rotatable bonds is 7. The summed E-state index contributed by atoms with van der Waals surface area (Å²) < 4.78 is 31.0. The van der Waals surface area contributed by atoms with Crippen molar-refractivity contribution in [3.8, 4) is 5.75 Å². The second kappa shape index (κ2) is 8.43. The van der Waals surface area contributed by atoms with Gasteiger partial charge in [0.1, 0.15) is 5.75 Å². The van der Waals surface area contributed by atoms with Crippen molar-refractivity contribution in [1.82, 2.24) is 0 Å². The van der Waals surface area contributed by atoms with Gasteiger partial charge in [-0.05, 0) is 49.1 Å². The van der Waals surface area contributed by atoms with E-state index in [1.54, 1.807) is 6.07 Å². The Labute approximate surface area is 160 Å². The Morgan fingerprint density at radius 2 is 1.96 bits per heavy atom. The molecule has 1 aliphatic heterocycles. The van der Waals surface area contributed by atoms with Crippen LogP contribution in [0.5, 0.6) is 5.75 Å². The van der Waals surface area contributed by atoms with Crippen LogP contribution in [-0.4, -0.2) is 33.7 Å². The smallest absolute Gasteiger partial charge is 0.232 e. The fraction of sp³-hybridized carbons (Fsp3) is 0.350. The molecule has 0 aliphatic carbocycles. The summed E-state index contributed by atoms with van der Waals surface area (Å²) in [5.41, 5.74) is 2.26. The van der Waals surface area contributed by atoms with Gasteiger partial charge in [-0.1, -0.05) is 24.3 Å². The molecule has 0 saturated heterocycles. The zero-order valence-corrected chi connectivity index (χ0v) is 16.2. The summed E-state index contributed by atoms with van der Waals surface area (Å²) >= 11 is 0. The molecule has 2 aromatic carbocycles. The summed E-state index contributed by atoms with van der Waals surface area (Å²) in [4.78, 5) is 12.2. The van der Waals surface area contributed by atoms with E-state index in [1.807, 2.05) is 42.5 Å². The number of nitrogens with one attached hydrogen (secondary N) is 1. The summed E-state index contributed by atoms with van der Waals surface area (Å²) in [6, 6.07) is 14.9. The summed E-state index contributed by atoms with van der Waals surface area (Å²) in [6.07, 6.45) is 3.78. The zero-order chi connectivity index (χ0) is 19.3. The third-order valence-electron chi connectivity index (χ3n) is 4.41. The van der Waals surface area contributed by atoms with E-state index in [0.717, 1.165) is 24.2 Å². The molecule has 1 amide bonds. The lowest BCUT2D eigenvalue weighted by Crippen LogP contribution is -2.34. The number of carbonyl (C=O) groups excluding carboxylic acids is 1. The highest BCUT2D eigenvalue weighted by Gasteiger charge is 2.24. The minimum Gasteiger partial charge on any atom is -0.494 e. The van der Waals surface area contributed by atoms with Crippen LogP contribution >= 0.6 is 0 Å². The zero-order valence-electron chi connectivity index (χ0n) is 15.3. The maximum atomic E-state index is 12.2. The third kappa shape index (κ3) is 5.23. The van der Waals surface area contributed by atoms with Crippen LogP contribution in [-0.2, 0) is 21.2 Å². The van der Waals surface area contributed by atoms with Crippen molar-refractivity contribution in [3.63, 3.8) is 0 Å².